The van der Waals surface area contributed by atoms with Gasteiger partial charge in [-0.05, 0) is 6.92 Å². The molecule has 1 aromatic rings. The molecule has 0 aliphatic rings. The van der Waals surface area contributed by atoms with Gasteiger partial charge in [0.15, 0.2) is 5.75 Å². The zero-order chi connectivity index (χ0) is 9.84. The average Bonchev–Trinajstić information content (AvgIpc) is 2.09. The van der Waals surface area contributed by atoms with Gasteiger partial charge in [0.2, 0.25) is 0 Å². The van der Waals surface area contributed by atoms with Crippen LogP contribution in [0.2, 0.25) is 0 Å². The third-order valence-electron chi connectivity index (χ3n) is 1.41. The fraction of sp³-hybridized carbons (Fsp3) is 0.375. The first kappa shape index (κ1) is 9.83. The second kappa shape index (κ2) is 4.11. The number of alkyl halides is 1. The molecule has 1 rings (SSSR count). The Morgan fingerprint density at radius 3 is 2.77 bits per heavy atom. The van der Waals surface area contributed by atoms with E-state index in [4.69, 9.17) is 0 Å². The minimum atomic E-state index is -0.924. The first-order chi connectivity index (χ1) is 6.15. The molecule has 72 valence electrons. The maximum absolute atomic E-state index is 12.8. The average molecular weight is 191 g/mol. The van der Waals surface area contributed by atoms with E-state index in [1.165, 1.54) is 6.92 Å². The Balaban J connectivity index is 2.88. The molecular weight excluding hydrogens is 183 g/mol. The van der Waals surface area contributed by atoms with Crippen molar-refractivity contribution in [3.63, 3.8) is 0 Å². The molecule has 0 atom stereocenters. The quantitative estimate of drug-likeness (QED) is 0.682. The number of pyridine rings is 1. The third kappa shape index (κ3) is 2.34. The van der Waals surface area contributed by atoms with Crippen molar-refractivity contribution >= 4 is 0 Å². The van der Waals surface area contributed by atoms with Crippen molar-refractivity contribution in [1.82, 2.24) is 4.98 Å². The fourth-order valence-corrected chi connectivity index (χ4v) is 0.785. The van der Waals surface area contributed by atoms with E-state index in [2.05, 4.69) is 9.72 Å². The maximum atomic E-state index is 12.8. The summed E-state index contributed by atoms with van der Waals surface area (Å²) in [5.74, 6) is -1.96. The Bertz CT molecular complexity index is 304. The molecule has 0 saturated heterocycles. The lowest BCUT2D eigenvalue weighted by Crippen LogP contribution is -2.03. The summed E-state index contributed by atoms with van der Waals surface area (Å²) in [7, 11) is 0. The van der Waals surface area contributed by atoms with Gasteiger partial charge < -0.3 is 4.74 Å². The van der Waals surface area contributed by atoms with Gasteiger partial charge >= 0.3 is 0 Å². The summed E-state index contributed by atoms with van der Waals surface area (Å²) in [5.41, 5.74) is -0.0508. The lowest BCUT2D eigenvalue weighted by molar-refractivity contribution is 0.258. The van der Waals surface area contributed by atoms with E-state index in [1.54, 1.807) is 0 Å². The van der Waals surface area contributed by atoms with E-state index in [-0.39, 0.29) is 18.1 Å². The van der Waals surface area contributed by atoms with Crippen molar-refractivity contribution in [2.24, 2.45) is 0 Å². The normalized spacial score (nSPS) is 10.2. The van der Waals surface area contributed by atoms with Gasteiger partial charge in [-0.2, -0.15) is 4.39 Å². The molecule has 5 heteroatoms. The molecule has 1 aromatic heterocycles. The first-order valence-electron chi connectivity index (χ1n) is 3.66. The van der Waals surface area contributed by atoms with Gasteiger partial charge in [-0.15, -0.1) is 0 Å². The number of hydrogen-bond donors (Lipinski definition) is 0. The highest BCUT2D eigenvalue weighted by Crippen LogP contribution is 2.17. The fourth-order valence-electron chi connectivity index (χ4n) is 0.785. The molecule has 0 amide bonds. The Kier molecular flexibility index (Phi) is 3.11. The second-order valence-corrected chi connectivity index (χ2v) is 2.38. The van der Waals surface area contributed by atoms with Crippen molar-refractivity contribution < 1.29 is 17.9 Å². The van der Waals surface area contributed by atoms with Gasteiger partial charge in [-0.3, -0.25) is 0 Å². The Morgan fingerprint density at radius 1 is 1.46 bits per heavy atom. The predicted molar refractivity (Wildman–Crippen MR) is 40.4 cm³/mol. The van der Waals surface area contributed by atoms with Crippen LogP contribution in [0.15, 0.2) is 6.07 Å². The van der Waals surface area contributed by atoms with Crippen LogP contribution >= 0.6 is 0 Å². The van der Waals surface area contributed by atoms with Gasteiger partial charge in [0.05, 0.1) is 5.69 Å². The standard InChI is InChI=1S/C8H8F3NO/c1-5-6(10)4-7(8(11)12-5)13-3-2-9/h4H,2-3H2,1H3. The van der Waals surface area contributed by atoms with E-state index in [0.717, 1.165) is 6.07 Å². The molecule has 0 unspecified atom stereocenters. The van der Waals surface area contributed by atoms with Crippen LogP contribution in [0.5, 0.6) is 5.75 Å². The number of halogens is 3. The highest BCUT2D eigenvalue weighted by molar-refractivity contribution is 5.22. The maximum Gasteiger partial charge on any atom is 0.255 e. The topological polar surface area (TPSA) is 22.1 Å². The molecule has 0 aliphatic carbocycles. The predicted octanol–water partition coefficient (Wildman–Crippen LogP) is 2.02. The number of nitrogens with zero attached hydrogens (tertiary/aromatic N) is 1. The smallest absolute Gasteiger partial charge is 0.255 e. The summed E-state index contributed by atoms with van der Waals surface area (Å²) < 4.78 is 41.8. The summed E-state index contributed by atoms with van der Waals surface area (Å²) in [6.07, 6.45) is 0. The van der Waals surface area contributed by atoms with Gasteiger partial charge in [-0.25, -0.2) is 13.8 Å². The van der Waals surface area contributed by atoms with Crippen LogP contribution in [-0.4, -0.2) is 18.3 Å². The molecule has 0 aliphatic heterocycles. The Labute approximate surface area is 73.4 Å². The summed E-state index contributed by atoms with van der Waals surface area (Å²) in [6, 6.07) is 0.854. The molecule has 1 heterocycles. The highest BCUT2D eigenvalue weighted by atomic mass is 19.1. The van der Waals surface area contributed by atoms with Crippen LogP contribution in [0, 0.1) is 18.7 Å². The van der Waals surface area contributed by atoms with E-state index in [9.17, 15) is 13.2 Å². The largest absolute Gasteiger partial charge is 0.486 e. The van der Waals surface area contributed by atoms with Crippen molar-refractivity contribution in [2.75, 3.05) is 13.3 Å². The molecule has 0 bridgehead atoms. The third-order valence-corrected chi connectivity index (χ3v) is 1.41. The second-order valence-electron chi connectivity index (χ2n) is 2.38. The lowest BCUT2D eigenvalue weighted by atomic mass is 10.3. The van der Waals surface area contributed by atoms with Gasteiger partial charge in [0, 0.05) is 6.07 Å². The van der Waals surface area contributed by atoms with Crippen LogP contribution in [0.4, 0.5) is 13.2 Å². The molecule has 13 heavy (non-hydrogen) atoms. The molecule has 0 fully saturated rings. The number of rotatable bonds is 3. The lowest BCUT2D eigenvalue weighted by Gasteiger charge is -2.05. The minimum absolute atomic E-state index is 0.0508. The van der Waals surface area contributed by atoms with Gasteiger partial charge in [0.25, 0.3) is 5.95 Å². The van der Waals surface area contributed by atoms with Crippen molar-refractivity contribution in [3.05, 3.63) is 23.5 Å². The van der Waals surface area contributed by atoms with E-state index in [1.807, 2.05) is 0 Å². The highest BCUT2D eigenvalue weighted by Gasteiger charge is 2.09. The minimum Gasteiger partial charge on any atom is -0.486 e. The van der Waals surface area contributed by atoms with Gasteiger partial charge in [0.1, 0.15) is 19.1 Å². The van der Waals surface area contributed by atoms with Crippen molar-refractivity contribution in [2.45, 2.75) is 6.92 Å². The number of ether oxygens (including phenoxy) is 1. The summed E-state index contributed by atoms with van der Waals surface area (Å²) in [5, 5.41) is 0. The molecule has 0 radical (unpaired) electrons. The molecular formula is C8H8F3NO. The van der Waals surface area contributed by atoms with Crippen LogP contribution < -0.4 is 4.74 Å². The molecule has 0 saturated carbocycles. The molecule has 0 spiro atoms. The molecule has 0 aromatic carbocycles. The Hall–Kier alpha value is -1.26. The molecule has 0 N–H and O–H groups in total. The van der Waals surface area contributed by atoms with Crippen LogP contribution in [0.1, 0.15) is 5.69 Å². The van der Waals surface area contributed by atoms with E-state index in [0.29, 0.717) is 0 Å². The number of aromatic nitrogens is 1. The zero-order valence-electron chi connectivity index (χ0n) is 6.98. The van der Waals surface area contributed by atoms with Gasteiger partial charge in [-0.1, -0.05) is 0 Å². The van der Waals surface area contributed by atoms with Crippen LogP contribution in [0.3, 0.4) is 0 Å². The number of aryl methyl sites for hydroxylation is 1. The summed E-state index contributed by atoms with van der Waals surface area (Å²) in [6.45, 7) is 0.271. The first-order valence-corrected chi connectivity index (χ1v) is 3.66. The summed E-state index contributed by atoms with van der Waals surface area (Å²) in [4.78, 5) is 3.24. The van der Waals surface area contributed by atoms with Crippen LogP contribution in [0.25, 0.3) is 0 Å². The SMILES string of the molecule is Cc1nc(F)c(OCCF)cc1F. The molecule has 2 nitrogen and oxygen atoms in total. The monoisotopic (exact) mass is 191 g/mol. The number of hydrogen-bond acceptors (Lipinski definition) is 2. The van der Waals surface area contributed by atoms with Crippen molar-refractivity contribution in [3.8, 4) is 5.75 Å². The van der Waals surface area contributed by atoms with Crippen LogP contribution in [-0.2, 0) is 0 Å². The van der Waals surface area contributed by atoms with E-state index < -0.39 is 18.4 Å². The Morgan fingerprint density at radius 2 is 2.15 bits per heavy atom. The van der Waals surface area contributed by atoms with E-state index >= 15 is 0 Å². The zero-order valence-corrected chi connectivity index (χ0v) is 6.98. The summed E-state index contributed by atoms with van der Waals surface area (Å²) >= 11 is 0. The van der Waals surface area contributed by atoms with Crippen molar-refractivity contribution in [1.29, 1.82) is 0 Å².